The molecule has 3 atom stereocenters. The van der Waals surface area contributed by atoms with Gasteiger partial charge < -0.3 is 0 Å². The van der Waals surface area contributed by atoms with E-state index >= 15 is 0 Å². The van der Waals surface area contributed by atoms with Crippen molar-refractivity contribution in [1.82, 2.24) is 0 Å². The zero-order valence-electron chi connectivity index (χ0n) is 9.34. The Hall–Kier alpha value is -0.270. The summed E-state index contributed by atoms with van der Waals surface area (Å²) in [5.74, 6) is 1.59. The van der Waals surface area contributed by atoms with Gasteiger partial charge in [0.2, 0.25) is 0 Å². The predicted molar refractivity (Wildman–Crippen MR) is 69.1 cm³/mol. The number of fused-ring (bicyclic) bond motifs is 5. The second kappa shape index (κ2) is 3.89. The van der Waals surface area contributed by atoms with E-state index in [9.17, 15) is 0 Å². The lowest BCUT2D eigenvalue weighted by Crippen LogP contribution is -2.26. The Bertz CT molecular complexity index is 416. The number of hydrogen-bond acceptors (Lipinski definition) is 1. The number of allylic oxidation sites excluding steroid dienone is 3. The summed E-state index contributed by atoms with van der Waals surface area (Å²) >= 11 is 12.1. The maximum absolute atomic E-state index is 6.05. The van der Waals surface area contributed by atoms with Crippen LogP contribution < -0.4 is 0 Å². The van der Waals surface area contributed by atoms with Crippen molar-refractivity contribution in [3.63, 3.8) is 0 Å². The third-order valence-corrected chi connectivity index (χ3v) is 4.79. The van der Waals surface area contributed by atoms with Crippen LogP contribution in [-0.2, 0) is 0 Å². The van der Waals surface area contributed by atoms with E-state index in [1.165, 1.54) is 24.1 Å². The van der Waals surface area contributed by atoms with E-state index in [2.05, 4.69) is 11.1 Å². The molecule has 1 nitrogen and oxygen atoms in total. The molecule has 0 spiro atoms. The summed E-state index contributed by atoms with van der Waals surface area (Å²) in [5, 5.41) is 0. The van der Waals surface area contributed by atoms with Crippen molar-refractivity contribution in [2.75, 3.05) is 7.05 Å². The SMILES string of the molecule is C/N=C1\CCC=C2C3CCC(C3=C(Cl)Cl)C21. The molecule has 2 saturated carbocycles. The molecule has 2 fully saturated rings. The van der Waals surface area contributed by atoms with Gasteiger partial charge in [-0.1, -0.05) is 34.9 Å². The van der Waals surface area contributed by atoms with E-state index in [0.29, 0.717) is 22.2 Å². The molecule has 0 amide bonds. The summed E-state index contributed by atoms with van der Waals surface area (Å²) in [5.41, 5.74) is 4.20. The quantitative estimate of drug-likeness (QED) is 0.578. The second-order valence-corrected chi connectivity index (χ2v) is 5.84. The van der Waals surface area contributed by atoms with E-state index < -0.39 is 0 Å². The van der Waals surface area contributed by atoms with Crippen LogP contribution in [0.15, 0.2) is 26.7 Å². The van der Waals surface area contributed by atoms with Crippen LogP contribution in [0.3, 0.4) is 0 Å². The van der Waals surface area contributed by atoms with Gasteiger partial charge in [0.1, 0.15) is 4.49 Å². The van der Waals surface area contributed by atoms with Crippen LogP contribution in [0.25, 0.3) is 0 Å². The van der Waals surface area contributed by atoms with Crippen LogP contribution in [0.5, 0.6) is 0 Å². The molecule has 3 aliphatic carbocycles. The molecule has 86 valence electrons. The van der Waals surface area contributed by atoms with Crippen LogP contribution >= 0.6 is 23.2 Å². The Labute approximate surface area is 106 Å². The van der Waals surface area contributed by atoms with Gasteiger partial charge in [0.05, 0.1) is 0 Å². The van der Waals surface area contributed by atoms with Crippen LogP contribution in [0, 0.1) is 17.8 Å². The molecular formula is C13H15Cl2N. The monoisotopic (exact) mass is 255 g/mol. The van der Waals surface area contributed by atoms with Gasteiger partial charge in [0.25, 0.3) is 0 Å². The smallest absolute Gasteiger partial charge is 0.106 e. The molecule has 0 aliphatic heterocycles. The van der Waals surface area contributed by atoms with Gasteiger partial charge >= 0.3 is 0 Å². The molecular weight excluding hydrogens is 241 g/mol. The molecule has 16 heavy (non-hydrogen) atoms. The molecule has 3 aliphatic rings. The Morgan fingerprint density at radius 1 is 1.38 bits per heavy atom. The molecule has 0 aromatic rings. The molecule has 0 aromatic heterocycles. The second-order valence-electron chi connectivity index (χ2n) is 4.89. The minimum Gasteiger partial charge on any atom is -0.297 e. The van der Waals surface area contributed by atoms with E-state index in [4.69, 9.17) is 23.2 Å². The third-order valence-electron chi connectivity index (χ3n) is 4.35. The molecule has 3 rings (SSSR count). The van der Waals surface area contributed by atoms with E-state index in [1.54, 1.807) is 5.57 Å². The van der Waals surface area contributed by atoms with E-state index in [0.717, 1.165) is 12.8 Å². The molecule has 0 saturated heterocycles. The predicted octanol–water partition coefficient (Wildman–Crippen LogP) is 4.12. The normalized spacial score (nSPS) is 38.9. The topological polar surface area (TPSA) is 12.4 Å². The van der Waals surface area contributed by atoms with Crippen molar-refractivity contribution >= 4 is 28.9 Å². The first-order valence-electron chi connectivity index (χ1n) is 5.94. The van der Waals surface area contributed by atoms with Crippen molar-refractivity contribution in [1.29, 1.82) is 0 Å². The van der Waals surface area contributed by atoms with E-state index in [1.807, 2.05) is 7.05 Å². The fraction of sp³-hybridized carbons (Fsp3) is 0.615. The summed E-state index contributed by atoms with van der Waals surface area (Å²) in [4.78, 5) is 4.47. The van der Waals surface area contributed by atoms with Crippen molar-refractivity contribution in [2.45, 2.75) is 25.7 Å². The molecule has 2 bridgehead atoms. The highest BCUT2D eigenvalue weighted by Crippen LogP contribution is 2.59. The third kappa shape index (κ3) is 1.34. The lowest BCUT2D eigenvalue weighted by atomic mass is 9.76. The molecule has 0 radical (unpaired) electrons. The van der Waals surface area contributed by atoms with Crippen molar-refractivity contribution in [3.05, 3.63) is 21.7 Å². The van der Waals surface area contributed by atoms with E-state index in [-0.39, 0.29) is 0 Å². The fourth-order valence-corrected chi connectivity index (χ4v) is 4.36. The maximum Gasteiger partial charge on any atom is 0.106 e. The Balaban J connectivity index is 2.10. The van der Waals surface area contributed by atoms with Gasteiger partial charge in [-0.2, -0.15) is 0 Å². The standard InChI is InChI=1S/C13H15Cl2N/c1-16-10-4-2-3-7-8-5-6-9(11(7)10)12(8)13(14)15/h3,8-9,11H,2,4-6H2,1H3/b16-10+. The minimum atomic E-state index is 0.512. The molecule has 0 aromatic carbocycles. The Morgan fingerprint density at radius 3 is 2.88 bits per heavy atom. The fourth-order valence-electron chi connectivity index (χ4n) is 3.82. The Morgan fingerprint density at radius 2 is 2.19 bits per heavy atom. The minimum absolute atomic E-state index is 0.512. The van der Waals surface area contributed by atoms with Gasteiger partial charge in [-0.25, -0.2) is 0 Å². The van der Waals surface area contributed by atoms with Crippen molar-refractivity contribution < 1.29 is 0 Å². The first-order valence-corrected chi connectivity index (χ1v) is 6.70. The van der Waals surface area contributed by atoms with Gasteiger partial charge in [0, 0.05) is 24.6 Å². The molecule has 0 N–H and O–H groups in total. The summed E-state index contributed by atoms with van der Waals surface area (Å²) in [7, 11) is 1.91. The first-order chi connectivity index (χ1) is 7.74. The summed E-state index contributed by atoms with van der Waals surface area (Å²) in [6, 6.07) is 0. The highest BCUT2D eigenvalue weighted by molar-refractivity contribution is 6.56. The Kier molecular flexibility index (Phi) is 2.64. The molecule has 3 unspecified atom stereocenters. The van der Waals surface area contributed by atoms with Crippen LogP contribution in [0.1, 0.15) is 25.7 Å². The summed E-state index contributed by atoms with van der Waals surface area (Å²) in [6.07, 6.45) is 7.10. The zero-order valence-corrected chi connectivity index (χ0v) is 10.9. The maximum atomic E-state index is 6.05. The average Bonchev–Trinajstić information content (AvgIpc) is 2.84. The number of aliphatic imine (C=N–C) groups is 1. The number of rotatable bonds is 0. The highest BCUT2D eigenvalue weighted by Gasteiger charge is 2.50. The van der Waals surface area contributed by atoms with Gasteiger partial charge in [-0.3, -0.25) is 4.99 Å². The highest BCUT2D eigenvalue weighted by atomic mass is 35.5. The van der Waals surface area contributed by atoms with Gasteiger partial charge in [-0.05, 0) is 37.2 Å². The largest absolute Gasteiger partial charge is 0.297 e. The van der Waals surface area contributed by atoms with Crippen molar-refractivity contribution in [2.24, 2.45) is 22.7 Å². The lowest BCUT2D eigenvalue weighted by molar-refractivity contribution is 0.492. The molecule has 0 heterocycles. The number of nitrogens with zero attached hydrogens (tertiary/aromatic N) is 1. The van der Waals surface area contributed by atoms with Crippen LogP contribution in [-0.4, -0.2) is 12.8 Å². The average molecular weight is 256 g/mol. The number of halogens is 2. The van der Waals surface area contributed by atoms with Gasteiger partial charge in [-0.15, -0.1) is 0 Å². The first kappa shape index (κ1) is 10.9. The van der Waals surface area contributed by atoms with Gasteiger partial charge in [0.15, 0.2) is 0 Å². The lowest BCUT2D eigenvalue weighted by Gasteiger charge is -2.29. The van der Waals surface area contributed by atoms with Crippen molar-refractivity contribution in [3.8, 4) is 0 Å². The number of hydrogen-bond donors (Lipinski definition) is 0. The summed E-state index contributed by atoms with van der Waals surface area (Å²) < 4.78 is 0.512. The van der Waals surface area contributed by atoms with Crippen LogP contribution in [0.2, 0.25) is 0 Å². The molecule has 3 heteroatoms. The zero-order chi connectivity index (χ0) is 11.3. The summed E-state index contributed by atoms with van der Waals surface area (Å²) in [6.45, 7) is 0. The van der Waals surface area contributed by atoms with Crippen LogP contribution in [0.4, 0.5) is 0 Å².